The van der Waals surface area contributed by atoms with Crippen molar-refractivity contribution in [2.24, 2.45) is 0 Å². The first kappa shape index (κ1) is 13.7. The van der Waals surface area contributed by atoms with Gasteiger partial charge < -0.3 is 5.32 Å². The van der Waals surface area contributed by atoms with Crippen LogP contribution < -0.4 is 5.32 Å². The van der Waals surface area contributed by atoms with Gasteiger partial charge in [0.05, 0.1) is 6.20 Å². The van der Waals surface area contributed by atoms with E-state index >= 15 is 0 Å². The third-order valence-electron chi connectivity index (χ3n) is 2.41. The van der Waals surface area contributed by atoms with Gasteiger partial charge in [-0.2, -0.15) is 0 Å². The van der Waals surface area contributed by atoms with Crippen molar-refractivity contribution in [2.45, 2.75) is 13.3 Å². The smallest absolute Gasteiger partial charge is 0.223 e. The Morgan fingerprint density at radius 1 is 1.26 bits per heavy atom. The molecule has 0 amide bonds. The maximum Gasteiger partial charge on any atom is 0.223 e. The van der Waals surface area contributed by atoms with Crippen molar-refractivity contribution < 1.29 is 8.78 Å². The molecule has 0 bridgehead atoms. The van der Waals surface area contributed by atoms with E-state index in [1.807, 2.05) is 6.92 Å². The Kier molecular flexibility index (Phi) is 4.27. The van der Waals surface area contributed by atoms with Crippen molar-refractivity contribution in [3.05, 3.63) is 41.1 Å². The topological polar surface area (TPSA) is 37.8 Å². The fraction of sp³-hybridized carbons (Fsp3) is 0.231. The van der Waals surface area contributed by atoms with E-state index < -0.39 is 11.6 Å². The highest BCUT2D eigenvalue weighted by Gasteiger charge is 2.11. The van der Waals surface area contributed by atoms with Gasteiger partial charge in [-0.05, 0) is 24.6 Å². The lowest BCUT2D eigenvalue weighted by molar-refractivity contribution is 0.616. The lowest BCUT2D eigenvalue weighted by Crippen LogP contribution is -2.05. The van der Waals surface area contributed by atoms with Crippen LogP contribution in [0.3, 0.4) is 0 Å². The number of anilines is 1. The van der Waals surface area contributed by atoms with Crippen LogP contribution in [0.25, 0.3) is 11.3 Å². The molecular weight excluding hydrogens is 272 g/mol. The SMILES string of the molecule is CCCNc1ncc(F)c(-c2cc(F)cc(Cl)c2)n1. The maximum absolute atomic E-state index is 13.7. The average molecular weight is 284 g/mol. The van der Waals surface area contributed by atoms with Crippen molar-refractivity contribution in [1.82, 2.24) is 9.97 Å². The molecule has 2 aromatic rings. The summed E-state index contributed by atoms with van der Waals surface area (Å²) in [6, 6.07) is 3.79. The van der Waals surface area contributed by atoms with E-state index in [0.717, 1.165) is 18.7 Å². The van der Waals surface area contributed by atoms with Crippen LogP contribution in [0.2, 0.25) is 5.02 Å². The van der Waals surface area contributed by atoms with Crippen LogP contribution in [0.5, 0.6) is 0 Å². The molecule has 0 spiro atoms. The summed E-state index contributed by atoms with van der Waals surface area (Å²) in [5.74, 6) is -0.856. The van der Waals surface area contributed by atoms with Crippen LogP contribution >= 0.6 is 11.6 Å². The molecule has 0 fully saturated rings. The fourth-order valence-electron chi connectivity index (χ4n) is 1.58. The number of hydrogen-bond acceptors (Lipinski definition) is 3. The third kappa shape index (κ3) is 3.38. The Labute approximate surface area is 114 Å². The van der Waals surface area contributed by atoms with Crippen molar-refractivity contribution in [1.29, 1.82) is 0 Å². The highest BCUT2D eigenvalue weighted by molar-refractivity contribution is 6.30. The molecule has 1 aromatic heterocycles. The van der Waals surface area contributed by atoms with Crippen LogP contribution in [0.4, 0.5) is 14.7 Å². The van der Waals surface area contributed by atoms with E-state index in [1.165, 1.54) is 12.1 Å². The first-order valence-electron chi connectivity index (χ1n) is 5.83. The lowest BCUT2D eigenvalue weighted by Gasteiger charge is -2.07. The van der Waals surface area contributed by atoms with Gasteiger partial charge in [0.2, 0.25) is 5.95 Å². The van der Waals surface area contributed by atoms with Gasteiger partial charge in [0.1, 0.15) is 11.5 Å². The third-order valence-corrected chi connectivity index (χ3v) is 2.63. The molecule has 1 aromatic carbocycles. The molecule has 1 N–H and O–H groups in total. The van der Waals surface area contributed by atoms with E-state index in [2.05, 4.69) is 15.3 Å². The van der Waals surface area contributed by atoms with E-state index in [1.54, 1.807) is 0 Å². The zero-order valence-electron chi connectivity index (χ0n) is 10.3. The van der Waals surface area contributed by atoms with Gasteiger partial charge in [-0.15, -0.1) is 0 Å². The van der Waals surface area contributed by atoms with Crippen LogP contribution in [-0.2, 0) is 0 Å². The average Bonchev–Trinajstić information content (AvgIpc) is 2.36. The standard InChI is InChI=1S/C13H12ClF2N3/c1-2-3-17-13-18-7-11(16)12(19-13)8-4-9(14)6-10(15)5-8/h4-7H,2-3H2,1H3,(H,17,18,19). The Morgan fingerprint density at radius 3 is 2.74 bits per heavy atom. The highest BCUT2D eigenvalue weighted by Crippen LogP contribution is 2.25. The minimum Gasteiger partial charge on any atom is -0.354 e. The second-order valence-corrected chi connectivity index (χ2v) is 4.41. The van der Waals surface area contributed by atoms with Crippen molar-refractivity contribution >= 4 is 17.5 Å². The molecule has 0 saturated carbocycles. The maximum atomic E-state index is 13.7. The van der Waals surface area contributed by atoms with Gasteiger partial charge in [0.15, 0.2) is 5.82 Å². The van der Waals surface area contributed by atoms with Gasteiger partial charge in [-0.25, -0.2) is 18.7 Å². The van der Waals surface area contributed by atoms with Crippen molar-refractivity contribution in [3.8, 4) is 11.3 Å². The largest absolute Gasteiger partial charge is 0.354 e. The number of nitrogens with one attached hydrogen (secondary N) is 1. The molecule has 0 unspecified atom stereocenters. The van der Waals surface area contributed by atoms with E-state index in [-0.39, 0.29) is 16.3 Å². The van der Waals surface area contributed by atoms with E-state index in [9.17, 15) is 8.78 Å². The van der Waals surface area contributed by atoms with Crippen LogP contribution in [0.1, 0.15) is 13.3 Å². The zero-order valence-corrected chi connectivity index (χ0v) is 11.0. The minimum absolute atomic E-state index is 0.0232. The van der Waals surface area contributed by atoms with Crippen LogP contribution in [0.15, 0.2) is 24.4 Å². The zero-order chi connectivity index (χ0) is 13.8. The predicted molar refractivity (Wildman–Crippen MR) is 71.2 cm³/mol. The quantitative estimate of drug-likeness (QED) is 0.925. The summed E-state index contributed by atoms with van der Waals surface area (Å²) in [6.07, 6.45) is 1.95. The Hall–Kier alpha value is -1.75. The molecule has 6 heteroatoms. The molecule has 19 heavy (non-hydrogen) atoms. The van der Waals surface area contributed by atoms with Gasteiger partial charge in [-0.1, -0.05) is 18.5 Å². The molecule has 2 rings (SSSR count). The molecule has 1 heterocycles. The summed E-state index contributed by atoms with van der Waals surface area (Å²) in [5.41, 5.74) is 0.305. The van der Waals surface area contributed by atoms with Crippen molar-refractivity contribution in [2.75, 3.05) is 11.9 Å². The number of hydrogen-bond donors (Lipinski definition) is 1. The lowest BCUT2D eigenvalue weighted by atomic mass is 10.1. The monoisotopic (exact) mass is 283 g/mol. The Bertz CT molecular complexity index is 570. The summed E-state index contributed by atoms with van der Waals surface area (Å²) in [7, 11) is 0. The highest BCUT2D eigenvalue weighted by atomic mass is 35.5. The Balaban J connectivity index is 2.42. The normalized spacial score (nSPS) is 10.5. The second-order valence-electron chi connectivity index (χ2n) is 3.98. The van der Waals surface area contributed by atoms with Gasteiger partial charge in [0, 0.05) is 17.1 Å². The van der Waals surface area contributed by atoms with E-state index in [4.69, 9.17) is 11.6 Å². The molecule has 0 aliphatic rings. The summed E-state index contributed by atoms with van der Waals surface area (Å²) in [4.78, 5) is 7.86. The van der Waals surface area contributed by atoms with Crippen LogP contribution in [0, 0.1) is 11.6 Å². The first-order valence-corrected chi connectivity index (χ1v) is 6.21. The molecule has 0 saturated heterocycles. The number of halogens is 3. The molecular formula is C13H12ClF2N3. The molecule has 100 valence electrons. The molecule has 0 radical (unpaired) electrons. The predicted octanol–water partition coefficient (Wildman–Crippen LogP) is 3.90. The molecule has 0 aliphatic heterocycles. The summed E-state index contributed by atoms with van der Waals surface area (Å²) >= 11 is 5.75. The summed E-state index contributed by atoms with van der Waals surface area (Å²) in [5, 5.41) is 3.14. The van der Waals surface area contributed by atoms with Gasteiger partial charge in [0.25, 0.3) is 0 Å². The van der Waals surface area contributed by atoms with Gasteiger partial charge in [-0.3, -0.25) is 0 Å². The Morgan fingerprint density at radius 2 is 2.05 bits per heavy atom. The number of benzene rings is 1. The van der Waals surface area contributed by atoms with Gasteiger partial charge >= 0.3 is 0 Å². The summed E-state index contributed by atoms with van der Waals surface area (Å²) in [6.45, 7) is 2.67. The fourth-order valence-corrected chi connectivity index (χ4v) is 1.80. The minimum atomic E-state index is -0.622. The first-order chi connectivity index (χ1) is 9.10. The van der Waals surface area contributed by atoms with Crippen molar-refractivity contribution in [3.63, 3.8) is 0 Å². The number of aromatic nitrogens is 2. The van der Waals surface area contributed by atoms with Crippen LogP contribution in [-0.4, -0.2) is 16.5 Å². The second kappa shape index (κ2) is 5.93. The molecule has 0 aliphatic carbocycles. The van der Waals surface area contributed by atoms with E-state index in [0.29, 0.717) is 12.5 Å². The summed E-state index contributed by atoms with van der Waals surface area (Å²) < 4.78 is 27.0. The molecule has 3 nitrogen and oxygen atoms in total. The molecule has 0 atom stereocenters. The number of nitrogens with zero attached hydrogens (tertiary/aromatic N) is 2. The number of rotatable bonds is 4.